The summed E-state index contributed by atoms with van der Waals surface area (Å²) >= 11 is 0. The highest BCUT2D eigenvalue weighted by Gasteiger charge is 2.34. The van der Waals surface area contributed by atoms with E-state index in [9.17, 15) is 19.5 Å². The van der Waals surface area contributed by atoms with E-state index in [1.807, 2.05) is 54.6 Å². The number of carboxylic acid groups (broad SMARTS) is 1. The average Bonchev–Trinajstić information content (AvgIpc) is 3.27. The molecule has 4 rings (SSSR count). The Labute approximate surface area is 234 Å². The van der Waals surface area contributed by atoms with Gasteiger partial charge in [-0.05, 0) is 41.2 Å². The molecule has 0 saturated heterocycles. The fourth-order valence-corrected chi connectivity index (χ4v) is 4.85. The zero-order valence-corrected chi connectivity index (χ0v) is 23.1. The third kappa shape index (κ3) is 6.87. The molecule has 0 radical (unpaired) electrons. The van der Waals surface area contributed by atoms with Gasteiger partial charge in [-0.25, -0.2) is 9.59 Å². The Hall–Kier alpha value is -4.17. The van der Waals surface area contributed by atoms with Crippen LogP contribution in [0.15, 0.2) is 78.9 Å². The van der Waals surface area contributed by atoms with Gasteiger partial charge in [-0.1, -0.05) is 92.7 Å². The third-order valence-corrected chi connectivity index (χ3v) is 7.36. The second kappa shape index (κ2) is 12.8. The van der Waals surface area contributed by atoms with Crippen molar-refractivity contribution in [2.75, 3.05) is 13.2 Å². The molecule has 2 amide bonds. The zero-order chi connectivity index (χ0) is 28.7. The Morgan fingerprint density at radius 1 is 0.900 bits per heavy atom. The molecule has 0 saturated carbocycles. The van der Waals surface area contributed by atoms with Gasteiger partial charge in [0.15, 0.2) is 6.04 Å². The molecule has 0 aromatic heterocycles. The van der Waals surface area contributed by atoms with Crippen molar-refractivity contribution in [3.63, 3.8) is 0 Å². The van der Waals surface area contributed by atoms with Crippen molar-refractivity contribution < 1.29 is 29.0 Å². The van der Waals surface area contributed by atoms with E-state index in [4.69, 9.17) is 9.47 Å². The molecule has 2 atom stereocenters. The van der Waals surface area contributed by atoms with Crippen LogP contribution in [-0.4, -0.2) is 48.4 Å². The van der Waals surface area contributed by atoms with E-state index in [-0.39, 0.29) is 32.1 Å². The van der Waals surface area contributed by atoms with E-state index in [1.54, 1.807) is 20.8 Å². The standard InChI is InChI=1S/C32H36N2O6/c1-21(39-19-22-11-5-4-6-12-22)28(29(35)36)34-30(37)32(2,3)17-18-33-31(38)40-20-27-25-15-9-7-13-23(25)24-14-8-10-16-26(24)27/h4-16,21,27-28H,17-20H2,1-3H3,(H,33,38)(H,34,37)(H,35,36)/t21-,28+/m0/s1. The first-order valence-electron chi connectivity index (χ1n) is 13.5. The highest BCUT2D eigenvalue weighted by Crippen LogP contribution is 2.44. The van der Waals surface area contributed by atoms with Gasteiger partial charge in [-0.2, -0.15) is 0 Å². The molecule has 3 aromatic carbocycles. The number of amides is 2. The van der Waals surface area contributed by atoms with Gasteiger partial charge in [0.05, 0.1) is 12.7 Å². The minimum atomic E-state index is -1.22. The number of aliphatic carboxylic acids is 1. The van der Waals surface area contributed by atoms with E-state index >= 15 is 0 Å². The Bertz CT molecular complexity index is 1290. The highest BCUT2D eigenvalue weighted by atomic mass is 16.5. The van der Waals surface area contributed by atoms with Crippen LogP contribution in [0.5, 0.6) is 0 Å². The Morgan fingerprint density at radius 2 is 1.48 bits per heavy atom. The fraction of sp³-hybridized carbons (Fsp3) is 0.344. The fourth-order valence-electron chi connectivity index (χ4n) is 4.85. The third-order valence-electron chi connectivity index (χ3n) is 7.36. The number of nitrogens with one attached hydrogen (secondary N) is 2. The van der Waals surface area contributed by atoms with Gasteiger partial charge in [0.2, 0.25) is 5.91 Å². The van der Waals surface area contributed by atoms with E-state index in [0.29, 0.717) is 0 Å². The maximum atomic E-state index is 13.0. The molecule has 8 nitrogen and oxygen atoms in total. The van der Waals surface area contributed by atoms with Crippen molar-refractivity contribution in [2.24, 2.45) is 5.41 Å². The van der Waals surface area contributed by atoms with Gasteiger partial charge in [0.1, 0.15) is 6.61 Å². The number of hydrogen-bond acceptors (Lipinski definition) is 5. The van der Waals surface area contributed by atoms with Crippen LogP contribution in [0.3, 0.4) is 0 Å². The summed E-state index contributed by atoms with van der Waals surface area (Å²) in [6.07, 6.45) is -1.03. The smallest absolute Gasteiger partial charge is 0.407 e. The lowest BCUT2D eigenvalue weighted by Gasteiger charge is -2.28. The Kier molecular flexibility index (Phi) is 9.22. The molecule has 3 N–H and O–H groups in total. The number of benzene rings is 3. The molecule has 0 spiro atoms. The van der Waals surface area contributed by atoms with Crippen LogP contribution < -0.4 is 10.6 Å². The summed E-state index contributed by atoms with van der Waals surface area (Å²) in [7, 11) is 0. The number of rotatable bonds is 12. The summed E-state index contributed by atoms with van der Waals surface area (Å²) in [5.41, 5.74) is 4.53. The molecule has 1 aliphatic rings. The molecule has 0 unspecified atom stereocenters. The molecular formula is C32H36N2O6. The number of hydrogen-bond donors (Lipinski definition) is 3. The first-order chi connectivity index (χ1) is 19.2. The van der Waals surface area contributed by atoms with Crippen LogP contribution >= 0.6 is 0 Å². The van der Waals surface area contributed by atoms with Gasteiger partial charge >= 0.3 is 12.1 Å². The van der Waals surface area contributed by atoms with Crippen LogP contribution in [0, 0.1) is 5.41 Å². The topological polar surface area (TPSA) is 114 Å². The maximum absolute atomic E-state index is 13.0. The molecule has 210 valence electrons. The van der Waals surface area contributed by atoms with Gasteiger partial charge < -0.3 is 25.2 Å². The second-order valence-corrected chi connectivity index (χ2v) is 10.7. The molecule has 1 aliphatic carbocycles. The number of alkyl carbamates (subject to hydrolysis) is 1. The average molecular weight is 545 g/mol. The van der Waals surface area contributed by atoms with Gasteiger partial charge in [-0.15, -0.1) is 0 Å². The van der Waals surface area contributed by atoms with E-state index < -0.39 is 35.5 Å². The lowest BCUT2D eigenvalue weighted by atomic mass is 9.87. The Morgan fingerprint density at radius 3 is 2.08 bits per heavy atom. The van der Waals surface area contributed by atoms with Gasteiger partial charge in [-0.3, -0.25) is 4.79 Å². The quantitative estimate of drug-likeness (QED) is 0.292. The van der Waals surface area contributed by atoms with Crippen LogP contribution in [0.1, 0.15) is 49.8 Å². The van der Waals surface area contributed by atoms with E-state index in [0.717, 1.165) is 27.8 Å². The number of carbonyl (C=O) groups is 3. The summed E-state index contributed by atoms with van der Waals surface area (Å²) in [6, 6.07) is 24.4. The van der Waals surface area contributed by atoms with Crippen LogP contribution in [0.4, 0.5) is 4.79 Å². The van der Waals surface area contributed by atoms with Crippen LogP contribution in [0.25, 0.3) is 11.1 Å². The molecule has 0 bridgehead atoms. The number of carboxylic acids is 1. The van der Waals surface area contributed by atoms with Crippen molar-refractivity contribution >= 4 is 18.0 Å². The molecule has 0 aliphatic heterocycles. The first kappa shape index (κ1) is 28.8. The van der Waals surface area contributed by atoms with Crippen LogP contribution in [-0.2, 0) is 25.7 Å². The van der Waals surface area contributed by atoms with Crippen molar-refractivity contribution in [2.45, 2.75) is 51.9 Å². The summed E-state index contributed by atoms with van der Waals surface area (Å²) in [6.45, 7) is 5.65. The molecule has 0 heterocycles. The molecule has 40 heavy (non-hydrogen) atoms. The maximum Gasteiger partial charge on any atom is 0.407 e. The van der Waals surface area contributed by atoms with Gasteiger partial charge in [0, 0.05) is 17.9 Å². The summed E-state index contributed by atoms with van der Waals surface area (Å²) in [4.78, 5) is 37.4. The molecule has 8 heteroatoms. The Balaban J connectivity index is 1.25. The summed E-state index contributed by atoms with van der Waals surface area (Å²) in [5, 5.41) is 15.0. The van der Waals surface area contributed by atoms with Crippen molar-refractivity contribution in [3.8, 4) is 11.1 Å². The number of fused-ring (bicyclic) bond motifs is 3. The normalized spacial score (nSPS) is 14.0. The summed E-state index contributed by atoms with van der Waals surface area (Å²) in [5.74, 6) is -1.66. The second-order valence-electron chi connectivity index (χ2n) is 10.7. The zero-order valence-electron chi connectivity index (χ0n) is 23.1. The predicted molar refractivity (Wildman–Crippen MR) is 152 cm³/mol. The SMILES string of the molecule is C[C@H](OCc1ccccc1)[C@@H](NC(=O)C(C)(C)CCNC(=O)OCC1c2ccccc2-c2ccccc21)C(=O)O. The predicted octanol–water partition coefficient (Wildman–Crippen LogP) is 5.12. The monoisotopic (exact) mass is 544 g/mol. The van der Waals surface area contributed by atoms with Crippen LogP contribution in [0.2, 0.25) is 0 Å². The van der Waals surface area contributed by atoms with E-state index in [2.05, 4.69) is 34.9 Å². The molecule has 0 fully saturated rings. The minimum Gasteiger partial charge on any atom is -0.480 e. The highest BCUT2D eigenvalue weighted by molar-refractivity contribution is 5.87. The number of carbonyl (C=O) groups excluding carboxylic acids is 2. The lowest BCUT2D eigenvalue weighted by Crippen LogP contribution is -2.52. The minimum absolute atomic E-state index is 0.0422. The largest absolute Gasteiger partial charge is 0.480 e. The first-order valence-corrected chi connectivity index (χ1v) is 13.5. The summed E-state index contributed by atoms with van der Waals surface area (Å²) < 4.78 is 11.3. The van der Waals surface area contributed by atoms with Crippen molar-refractivity contribution in [1.82, 2.24) is 10.6 Å². The number of ether oxygens (including phenoxy) is 2. The van der Waals surface area contributed by atoms with E-state index in [1.165, 1.54) is 0 Å². The van der Waals surface area contributed by atoms with Crippen molar-refractivity contribution in [3.05, 3.63) is 95.6 Å². The van der Waals surface area contributed by atoms with Gasteiger partial charge in [0.25, 0.3) is 0 Å². The van der Waals surface area contributed by atoms with Crippen molar-refractivity contribution in [1.29, 1.82) is 0 Å². The lowest BCUT2D eigenvalue weighted by molar-refractivity contribution is -0.148. The molecular weight excluding hydrogens is 508 g/mol. The molecule has 3 aromatic rings.